The highest BCUT2D eigenvalue weighted by molar-refractivity contribution is 6.04. The smallest absolute Gasteiger partial charge is 0.255 e. The first-order chi connectivity index (χ1) is 14.8. The standard InChI is InChI=1S/C24H25N3O3/c28-24(21-6-1-4-19(14-21)17-27-10-12-29-13-11-27)26-22-7-2-8-23(15-22)30-18-20-5-3-9-25-16-20/h1-9,14-16H,10-13,17-18H2,(H,26,28). The number of carbonyl (C=O) groups is 1. The lowest BCUT2D eigenvalue weighted by Gasteiger charge is -2.26. The number of anilines is 1. The van der Waals surface area contributed by atoms with Gasteiger partial charge in [0.15, 0.2) is 0 Å². The van der Waals surface area contributed by atoms with Crippen LogP contribution in [-0.4, -0.2) is 42.1 Å². The van der Waals surface area contributed by atoms with Gasteiger partial charge in [-0.1, -0.05) is 24.3 Å². The summed E-state index contributed by atoms with van der Waals surface area (Å²) in [6, 6.07) is 19.0. The van der Waals surface area contributed by atoms with Crippen molar-refractivity contribution in [1.29, 1.82) is 0 Å². The fraction of sp³-hybridized carbons (Fsp3) is 0.250. The molecule has 2 aromatic carbocycles. The molecule has 0 atom stereocenters. The fourth-order valence-electron chi connectivity index (χ4n) is 3.35. The van der Waals surface area contributed by atoms with E-state index < -0.39 is 0 Å². The maximum atomic E-state index is 12.8. The van der Waals surface area contributed by atoms with Gasteiger partial charge in [0.05, 0.1) is 13.2 Å². The molecule has 0 aliphatic carbocycles. The predicted octanol–water partition coefficient (Wildman–Crippen LogP) is 3.75. The molecule has 6 heteroatoms. The molecular formula is C24H25N3O3. The van der Waals surface area contributed by atoms with Gasteiger partial charge in [-0.15, -0.1) is 0 Å². The summed E-state index contributed by atoms with van der Waals surface area (Å²) in [6.07, 6.45) is 3.51. The number of aromatic nitrogens is 1. The van der Waals surface area contributed by atoms with E-state index in [4.69, 9.17) is 9.47 Å². The van der Waals surface area contributed by atoms with Gasteiger partial charge in [0.25, 0.3) is 5.91 Å². The van der Waals surface area contributed by atoms with Crippen molar-refractivity contribution in [3.8, 4) is 5.75 Å². The van der Waals surface area contributed by atoms with E-state index in [0.29, 0.717) is 23.6 Å². The molecule has 1 N–H and O–H groups in total. The summed E-state index contributed by atoms with van der Waals surface area (Å²) < 4.78 is 11.2. The summed E-state index contributed by atoms with van der Waals surface area (Å²) >= 11 is 0. The zero-order valence-corrected chi connectivity index (χ0v) is 16.8. The molecule has 1 aliphatic rings. The molecule has 1 amide bonds. The number of benzene rings is 2. The molecule has 1 aliphatic heterocycles. The Labute approximate surface area is 176 Å². The Kier molecular flexibility index (Phi) is 6.69. The number of ether oxygens (including phenoxy) is 2. The SMILES string of the molecule is O=C(Nc1cccc(OCc2cccnc2)c1)c1cccc(CN2CCOCC2)c1. The number of pyridine rings is 1. The number of morpholine rings is 1. The molecule has 4 rings (SSSR count). The zero-order valence-electron chi connectivity index (χ0n) is 16.8. The molecular weight excluding hydrogens is 378 g/mol. The minimum Gasteiger partial charge on any atom is -0.489 e. The first kappa shape index (κ1) is 20.1. The number of nitrogens with one attached hydrogen (secondary N) is 1. The number of rotatable bonds is 7. The molecule has 30 heavy (non-hydrogen) atoms. The average Bonchev–Trinajstić information content (AvgIpc) is 2.79. The van der Waals surface area contributed by atoms with Crippen molar-refractivity contribution in [3.63, 3.8) is 0 Å². The minimum atomic E-state index is -0.136. The molecule has 6 nitrogen and oxygen atoms in total. The molecule has 0 bridgehead atoms. The number of nitrogens with zero attached hydrogens (tertiary/aromatic N) is 2. The van der Waals surface area contributed by atoms with Crippen LogP contribution in [0.1, 0.15) is 21.5 Å². The van der Waals surface area contributed by atoms with Crippen LogP contribution in [0.3, 0.4) is 0 Å². The molecule has 0 spiro atoms. The maximum absolute atomic E-state index is 12.8. The van der Waals surface area contributed by atoms with Crippen molar-refractivity contribution in [1.82, 2.24) is 9.88 Å². The monoisotopic (exact) mass is 403 g/mol. The van der Waals surface area contributed by atoms with Crippen molar-refractivity contribution >= 4 is 11.6 Å². The Balaban J connectivity index is 1.37. The second-order valence-electron chi connectivity index (χ2n) is 7.22. The quantitative estimate of drug-likeness (QED) is 0.651. The second kappa shape index (κ2) is 10.0. The average molecular weight is 403 g/mol. The zero-order chi connectivity index (χ0) is 20.6. The van der Waals surface area contributed by atoms with Gasteiger partial charge in [0, 0.05) is 54.9 Å². The van der Waals surface area contributed by atoms with Gasteiger partial charge in [-0.25, -0.2) is 0 Å². The highest BCUT2D eigenvalue weighted by Gasteiger charge is 2.12. The maximum Gasteiger partial charge on any atom is 0.255 e. The molecule has 154 valence electrons. The number of hydrogen-bond donors (Lipinski definition) is 1. The lowest BCUT2D eigenvalue weighted by atomic mass is 10.1. The van der Waals surface area contributed by atoms with Crippen LogP contribution < -0.4 is 10.1 Å². The van der Waals surface area contributed by atoms with Gasteiger partial charge < -0.3 is 14.8 Å². The Morgan fingerprint density at radius 1 is 1.03 bits per heavy atom. The molecule has 2 heterocycles. The van der Waals surface area contributed by atoms with Crippen LogP contribution in [0.25, 0.3) is 0 Å². The highest BCUT2D eigenvalue weighted by atomic mass is 16.5. The third kappa shape index (κ3) is 5.65. The first-order valence-corrected chi connectivity index (χ1v) is 10.1. The minimum absolute atomic E-state index is 0.136. The predicted molar refractivity (Wildman–Crippen MR) is 116 cm³/mol. The van der Waals surface area contributed by atoms with Gasteiger partial charge in [-0.3, -0.25) is 14.7 Å². The van der Waals surface area contributed by atoms with Crippen molar-refractivity contribution in [3.05, 3.63) is 89.7 Å². The van der Waals surface area contributed by atoms with E-state index in [9.17, 15) is 4.79 Å². The van der Waals surface area contributed by atoms with E-state index in [1.165, 1.54) is 0 Å². The molecule has 1 aromatic heterocycles. The molecule has 1 saturated heterocycles. The van der Waals surface area contributed by atoms with Crippen molar-refractivity contribution in [2.75, 3.05) is 31.6 Å². The number of amides is 1. The number of carbonyl (C=O) groups excluding carboxylic acids is 1. The first-order valence-electron chi connectivity index (χ1n) is 10.1. The molecule has 0 radical (unpaired) electrons. The van der Waals surface area contributed by atoms with E-state index in [-0.39, 0.29) is 5.91 Å². The van der Waals surface area contributed by atoms with Gasteiger partial charge in [0.1, 0.15) is 12.4 Å². The Morgan fingerprint density at radius 2 is 1.87 bits per heavy atom. The van der Waals surface area contributed by atoms with E-state index in [0.717, 1.165) is 44.0 Å². The summed E-state index contributed by atoms with van der Waals surface area (Å²) in [5.74, 6) is 0.556. The second-order valence-corrected chi connectivity index (χ2v) is 7.22. The van der Waals surface area contributed by atoms with E-state index in [1.807, 2.05) is 54.6 Å². The fourth-order valence-corrected chi connectivity index (χ4v) is 3.35. The van der Waals surface area contributed by atoms with Crippen molar-refractivity contribution in [2.45, 2.75) is 13.2 Å². The summed E-state index contributed by atoms with van der Waals surface area (Å²) in [5, 5.41) is 2.96. The van der Waals surface area contributed by atoms with Crippen LogP contribution in [0.4, 0.5) is 5.69 Å². The molecule has 3 aromatic rings. The van der Waals surface area contributed by atoms with Crippen molar-refractivity contribution in [2.24, 2.45) is 0 Å². The Bertz CT molecular complexity index is 972. The van der Waals surface area contributed by atoms with Crippen LogP contribution in [-0.2, 0) is 17.9 Å². The molecule has 0 saturated carbocycles. The van der Waals surface area contributed by atoms with Gasteiger partial charge in [-0.2, -0.15) is 0 Å². The third-order valence-electron chi connectivity index (χ3n) is 4.92. The van der Waals surface area contributed by atoms with E-state index in [2.05, 4.69) is 21.3 Å². The summed E-state index contributed by atoms with van der Waals surface area (Å²) in [4.78, 5) is 19.2. The lowest BCUT2D eigenvalue weighted by Crippen LogP contribution is -2.35. The van der Waals surface area contributed by atoms with Crippen LogP contribution in [0.5, 0.6) is 5.75 Å². The van der Waals surface area contributed by atoms with E-state index in [1.54, 1.807) is 12.4 Å². The summed E-state index contributed by atoms with van der Waals surface area (Å²) in [5.41, 5.74) is 3.45. The largest absolute Gasteiger partial charge is 0.489 e. The summed E-state index contributed by atoms with van der Waals surface area (Å²) in [6.45, 7) is 4.61. The lowest BCUT2D eigenvalue weighted by molar-refractivity contribution is 0.0342. The van der Waals surface area contributed by atoms with Crippen LogP contribution >= 0.6 is 0 Å². The van der Waals surface area contributed by atoms with Crippen LogP contribution in [0.2, 0.25) is 0 Å². The van der Waals surface area contributed by atoms with Crippen LogP contribution in [0.15, 0.2) is 73.1 Å². The Morgan fingerprint density at radius 3 is 2.70 bits per heavy atom. The van der Waals surface area contributed by atoms with Gasteiger partial charge >= 0.3 is 0 Å². The summed E-state index contributed by atoms with van der Waals surface area (Å²) in [7, 11) is 0. The topological polar surface area (TPSA) is 63.7 Å². The van der Waals surface area contributed by atoms with Gasteiger partial charge in [0.2, 0.25) is 0 Å². The van der Waals surface area contributed by atoms with Crippen molar-refractivity contribution < 1.29 is 14.3 Å². The normalized spacial score (nSPS) is 14.3. The Hall–Kier alpha value is -3.22. The van der Waals surface area contributed by atoms with Crippen LogP contribution in [0, 0.1) is 0 Å². The molecule has 0 unspecified atom stereocenters. The number of hydrogen-bond acceptors (Lipinski definition) is 5. The third-order valence-corrected chi connectivity index (χ3v) is 4.92. The van der Waals surface area contributed by atoms with E-state index >= 15 is 0 Å². The van der Waals surface area contributed by atoms with Gasteiger partial charge in [-0.05, 0) is 35.9 Å². The highest BCUT2D eigenvalue weighted by Crippen LogP contribution is 2.20. The molecule has 1 fully saturated rings.